The molecule has 190 valence electrons. The molecule has 35 heavy (non-hydrogen) atoms. The number of alkyl halides is 3. The van der Waals surface area contributed by atoms with Crippen LogP contribution in [0, 0.1) is 6.92 Å². The van der Waals surface area contributed by atoms with Gasteiger partial charge in [0.2, 0.25) is 5.88 Å². The molecule has 0 bridgehead atoms. The molecule has 11 heteroatoms. The quantitative estimate of drug-likeness (QED) is 0.657. The summed E-state index contributed by atoms with van der Waals surface area (Å²) in [5.74, 6) is -0.225. The van der Waals surface area contributed by atoms with Gasteiger partial charge in [0.15, 0.2) is 0 Å². The number of amides is 1. The zero-order valence-corrected chi connectivity index (χ0v) is 19.7. The van der Waals surface area contributed by atoms with Crippen LogP contribution in [0.3, 0.4) is 0 Å². The van der Waals surface area contributed by atoms with Crippen LogP contribution in [0.25, 0.3) is 0 Å². The molecule has 3 heterocycles. The van der Waals surface area contributed by atoms with Gasteiger partial charge in [0.05, 0.1) is 18.3 Å². The molecule has 2 aromatic rings. The predicted octanol–water partition coefficient (Wildman–Crippen LogP) is 3.59. The van der Waals surface area contributed by atoms with Crippen LogP contribution in [0.15, 0.2) is 30.6 Å². The third-order valence-electron chi connectivity index (χ3n) is 6.46. The van der Waals surface area contributed by atoms with E-state index in [0.29, 0.717) is 31.9 Å². The topological polar surface area (TPSA) is 85.8 Å². The second-order valence-electron chi connectivity index (χ2n) is 8.76. The lowest BCUT2D eigenvalue weighted by molar-refractivity contribution is -0.137. The average molecular weight is 495 g/mol. The fourth-order valence-corrected chi connectivity index (χ4v) is 4.44. The Balaban J connectivity index is 1.39. The fraction of sp³-hybridized carbons (Fsp3) is 0.542. The maximum Gasteiger partial charge on any atom is 0.416 e. The molecule has 0 spiro atoms. The molecule has 1 aromatic heterocycles. The van der Waals surface area contributed by atoms with Gasteiger partial charge in [-0.1, -0.05) is 6.07 Å². The van der Waals surface area contributed by atoms with Gasteiger partial charge in [0.25, 0.3) is 5.91 Å². The van der Waals surface area contributed by atoms with Gasteiger partial charge in [-0.05, 0) is 44.4 Å². The lowest BCUT2D eigenvalue weighted by atomic mass is 9.99. The van der Waals surface area contributed by atoms with Crippen molar-refractivity contribution in [1.82, 2.24) is 20.2 Å². The third-order valence-corrected chi connectivity index (χ3v) is 6.46. The molecule has 0 aliphatic carbocycles. The summed E-state index contributed by atoms with van der Waals surface area (Å²) in [6.07, 6.45) is -0.825. The highest BCUT2D eigenvalue weighted by atomic mass is 19.4. The average Bonchev–Trinajstić information content (AvgIpc) is 2.85. The molecule has 0 radical (unpaired) electrons. The SMILES string of the molecule is COC1COCCC1NC1CCN(C(=O)c2ncnc(Oc3cccc(C(F)(F)F)c3)c2C)CC1. The summed E-state index contributed by atoms with van der Waals surface area (Å²) in [6, 6.07) is 5.01. The first-order valence-corrected chi connectivity index (χ1v) is 11.6. The van der Waals surface area contributed by atoms with Crippen LogP contribution in [0.2, 0.25) is 0 Å². The van der Waals surface area contributed by atoms with E-state index in [4.69, 9.17) is 14.2 Å². The van der Waals surface area contributed by atoms with Crippen molar-refractivity contribution >= 4 is 5.91 Å². The number of halogens is 3. The lowest BCUT2D eigenvalue weighted by Crippen LogP contribution is -2.54. The molecule has 2 aliphatic heterocycles. The Morgan fingerprint density at radius 1 is 1.20 bits per heavy atom. The lowest BCUT2D eigenvalue weighted by Gasteiger charge is -2.38. The van der Waals surface area contributed by atoms with E-state index in [2.05, 4.69) is 15.3 Å². The molecule has 4 rings (SSSR count). The zero-order valence-electron chi connectivity index (χ0n) is 19.7. The number of hydrogen-bond acceptors (Lipinski definition) is 7. The number of likely N-dealkylation sites (tertiary alicyclic amines) is 1. The minimum atomic E-state index is -4.49. The Hall–Kier alpha value is -2.76. The van der Waals surface area contributed by atoms with Crippen molar-refractivity contribution in [2.24, 2.45) is 0 Å². The molecular formula is C24H29F3N4O4. The number of hydrogen-bond donors (Lipinski definition) is 1. The van der Waals surface area contributed by atoms with Crippen molar-refractivity contribution < 1.29 is 32.2 Å². The Morgan fingerprint density at radius 2 is 1.97 bits per heavy atom. The van der Waals surface area contributed by atoms with Gasteiger partial charge in [0.1, 0.15) is 17.8 Å². The van der Waals surface area contributed by atoms with E-state index in [1.165, 1.54) is 18.5 Å². The van der Waals surface area contributed by atoms with E-state index in [-0.39, 0.29) is 41.4 Å². The van der Waals surface area contributed by atoms with E-state index in [9.17, 15) is 18.0 Å². The van der Waals surface area contributed by atoms with Crippen molar-refractivity contribution in [2.45, 2.75) is 50.6 Å². The minimum absolute atomic E-state index is 0.0160. The van der Waals surface area contributed by atoms with Crippen molar-refractivity contribution in [3.05, 3.63) is 47.4 Å². The summed E-state index contributed by atoms with van der Waals surface area (Å²) in [4.78, 5) is 23.1. The highest BCUT2D eigenvalue weighted by molar-refractivity contribution is 5.94. The van der Waals surface area contributed by atoms with Crippen LogP contribution in [0.4, 0.5) is 13.2 Å². The Bertz CT molecular complexity index is 1030. The van der Waals surface area contributed by atoms with E-state index in [1.54, 1.807) is 18.9 Å². The largest absolute Gasteiger partial charge is 0.439 e. The van der Waals surface area contributed by atoms with Gasteiger partial charge < -0.3 is 24.4 Å². The predicted molar refractivity (Wildman–Crippen MR) is 120 cm³/mol. The monoisotopic (exact) mass is 494 g/mol. The molecule has 2 aliphatic rings. The molecule has 8 nitrogen and oxygen atoms in total. The van der Waals surface area contributed by atoms with Crippen molar-refractivity contribution in [3.63, 3.8) is 0 Å². The van der Waals surface area contributed by atoms with E-state index >= 15 is 0 Å². The molecule has 1 amide bonds. The third kappa shape index (κ3) is 6.09. The number of carbonyl (C=O) groups is 1. The molecule has 1 N–H and O–H groups in total. The molecule has 2 atom stereocenters. The molecule has 2 saturated heterocycles. The molecule has 2 unspecified atom stereocenters. The van der Waals surface area contributed by atoms with Gasteiger partial charge in [-0.25, -0.2) is 9.97 Å². The smallest absolute Gasteiger partial charge is 0.416 e. The van der Waals surface area contributed by atoms with E-state index < -0.39 is 11.7 Å². The first kappa shape index (κ1) is 25.3. The van der Waals surface area contributed by atoms with Gasteiger partial charge in [-0.2, -0.15) is 13.2 Å². The van der Waals surface area contributed by atoms with Gasteiger partial charge in [-0.3, -0.25) is 4.79 Å². The Morgan fingerprint density at radius 3 is 2.69 bits per heavy atom. The van der Waals surface area contributed by atoms with E-state index in [1.807, 2.05) is 0 Å². The Labute approximate surface area is 201 Å². The van der Waals surface area contributed by atoms with Crippen molar-refractivity contribution in [2.75, 3.05) is 33.4 Å². The van der Waals surface area contributed by atoms with Gasteiger partial charge >= 0.3 is 6.18 Å². The molecule has 1 aromatic carbocycles. The number of benzene rings is 1. The van der Waals surface area contributed by atoms with Crippen molar-refractivity contribution in [1.29, 1.82) is 0 Å². The van der Waals surface area contributed by atoms with Crippen LogP contribution in [-0.4, -0.2) is 72.4 Å². The van der Waals surface area contributed by atoms with Gasteiger partial charge in [0, 0.05) is 44.5 Å². The van der Waals surface area contributed by atoms with Crippen LogP contribution < -0.4 is 10.1 Å². The summed E-state index contributed by atoms with van der Waals surface area (Å²) in [5, 5.41) is 3.65. The Kier molecular flexibility index (Phi) is 7.88. The summed E-state index contributed by atoms with van der Waals surface area (Å²) in [6.45, 7) is 4.02. The number of nitrogens with zero attached hydrogens (tertiary/aromatic N) is 3. The highest BCUT2D eigenvalue weighted by Crippen LogP contribution is 2.33. The van der Waals surface area contributed by atoms with Crippen LogP contribution >= 0.6 is 0 Å². The van der Waals surface area contributed by atoms with Crippen LogP contribution in [-0.2, 0) is 15.7 Å². The van der Waals surface area contributed by atoms with Crippen LogP contribution in [0.1, 0.15) is 40.9 Å². The number of carbonyl (C=O) groups excluding carboxylic acids is 1. The number of nitrogens with one attached hydrogen (secondary N) is 1. The maximum atomic E-state index is 13.2. The molecule has 2 fully saturated rings. The van der Waals surface area contributed by atoms with E-state index in [0.717, 1.165) is 31.4 Å². The molecule has 0 saturated carbocycles. The second kappa shape index (κ2) is 10.9. The van der Waals surface area contributed by atoms with Crippen LogP contribution in [0.5, 0.6) is 11.6 Å². The maximum absolute atomic E-state index is 13.2. The number of piperidine rings is 1. The summed E-state index contributed by atoms with van der Waals surface area (Å²) in [7, 11) is 1.68. The number of aromatic nitrogens is 2. The normalized spacial score (nSPS) is 21.7. The summed E-state index contributed by atoms with van der Waals surface area (Å²) in [5.41, 5.74) is -0.273. The number of methoxy groups -OCH3 is 1. The molecular weight excluding hydrogens is 465 g/mol. The first-order valence-electron chi connectivity index (χ1n) is 11.6. The van der Waals surface area contributed by atoms with Gasteiger partial charge in [-0.15, -0.1) is 0 Å². The van der Waals surface area contributed by atoms with Crippen molar-refractivity contribution in [3.8, 4) is 11.6 Å². The standard InChI is InChI=1S/C24H29F3N4O4/c1-15-21(28-14-29-22(15)35-18-5-3-4-16(12-18)24(25,26)27)23(32)31-9-6-17(7-10-31)30-19-8-11-34-13-20(19)33-2/h3-5,12,14,17,19-20,30H,6-11,13H2,1-2H3. The highest BCUT2D eigenvalue weighted by Gasteiger charge is 2.32. The zero-order chi connectivity index (χ0) is 25.0. The second-order valence-corrected chi connectivity index (χ2v) is 8.76. The minimum Gasteiger partial charge on any atom is -0.439 e. The number of rotatable bonds is 6. The summed E-state index contributed by atoms with van der Waals surface area (Å²) >= 11 is 0. The first-order chi connectivity index (χ1) is 16.8. The number of ether oxygens (including phenoxy) is 3. The fourth-order valence-electron chi connectivity index (χ4n) is 4.44. The summed E-state index contributed by atoms with van der Waals surface area (Å²) < 4.78 is 55.6.